The fraction of sp³-hybridized carbons (Fsp3) is 0.368. The van der Waals surface area contributed by atoms with Crippen molar-refractivity contribution >= 4 is 31.3 Å². The number of sulfone groups is 2. The molecule has 1 fully saturated rings. The van der Waals surface area contributed by atoms with Gasteiger partial charge in [0, 0.05) is 17.6 Å². The van der Waals surface area contributed by atoms with E-state index in [1.54, 1.807) is 31.4 Å². The van der Waals surface area contributed by atoms with Gasteiger partial charge in [0.1, 0.15) is 18.1 Å². The van der Waals surface area contributed by atoms with E-state index in [4.69, 9.17) is 21.1 Å². The van der Waals surface area contributed by atoms with Gasteiger partial charge in [-0.05, 0) is 48.5 Å². The first kappa shape index (κ1) is 21.9. The predicted molar refractivity (Wildman–Crippen MR) is 111 cm³/mol. The molecule has 0 radical (unpaired) electrons. The van der Waals surface area contributed by atoms with Crippen LogP contribution in [0.15, 0.2) is 53.4 Å². The molecule has 1 heterocycles. The Hall–Kier alpha value is -1.81. The summed E-state index contributed by atoms with van der Waals surface area (Å²) < 4.78 is 60.9. The number of methoxy groups -OCH3 is 1. The maximum absolute atomic E-state index is 13.0. The molecule has 1 aliphatic rings. The lowest BCUT2D eigenvalue weighted by atomic mass is 10.2. The molecule has 158 valence electrons. The van der Waals surface area contributed by atoms with E-state index in [-0.39, 0.29) is 17.3 Å². The molecule has 3 rings (SSSR count). The van der Waals surface area contributed by atoms with E-state index in [2.05, 4.69) is 5.32 Å². The highest BCUT2D eigenvalue weighted by atomic mass is 35.5. The molecule has 0 saturated carbocycles. The molecule has 1 aliphatic heterocycles. The van der Waals surface area contributed by atoms with Crippen LogP contribution in [0, 0.1) is 0 Å². The number of hydrogen-bond acceptors (Lipinski definition) is 7. The van der Waals surface area contributed by atoms with E-state index in [0.29, 0.717) is 23.1 Å². The molecule has 2 aromatic carbocycles. The summed E-state index contributed by atoms with van der Waals surface area (Å²) in [7, 11) is -5.72. The van der Waals surface area contributed by atoms with Crippen LogP contribution < -0.4 is 14.8 Å². The lowest BCUT2D eigenvalue weighted by molar-refractivity contribution is 0.307. The number of ether oxygens (including phenoxy) is 2. The fourth-order valence-corrected chi connectivity index (χ4v) is 8.04. The van der Waals surface area contributed by atoms with Crippen LogP contribution in [0.5, 0.6) is 11.5 Å². The molecule has 1 N–H and O–H groups in total. The zero-order valence-electron chi connectivity index (χ0n) is 15.7. The zero-order chi connectivity index (χ0) is 21.1. The van der Waals surface area contributed by atoms with Gasteiger partial charge in [-0.3, -0.25) is 0 Å². The number of rotatable bonds is 8. The minimum Gasteiger partial charge on any atom is -0.497 e. The Kier molecular flexibility index (Phi) is 6.72. The maximum Gasteiger partial charge on any atom is 0.183 e. The van der Waals surface area contributed by atoms with E-state index < -0.39 is 36.7 Å². The normalized spacial score (nSPS) is 21.0. The summed E-state index contributed by atoms with van der Waals surface area (Å²) in [5.41, 5.74) is 0. The summed E-state index contributed by atoms with van der Waals surface area (Å²) in [6, 6.07) is 12.1. The minimum absolute atomic E-state index is 0.0604. The SMILES string of the molecule is COc1ccc(OCCNC2CS(=O)(=O)CC2S(=O)(=O)c2ccc(Cl)cc2)cc1. The minimum atomic E-state index is -3.83. The van der Waals surface area contributed by atoms with Crippen LogP contribution in [0.1, 0.15) is 0 Å². The topological polar surface area (TPSA) is 98.8 Å². The third kappa shape index (κ3) is 5.42. The van der Waals surface area contributed by atoms with Crippen molar-refractivity contribution in [3.8, 4) is 11.5 Å². The summed E-state index contributed by atoms with van der Waals surface area (Å²) in [5.74, 6) is 0.709. The number of hydrogen-bond donors (Lipinski definition) is 1. The second-order valence-electron chi connectivity index (χ2n) is 6.70. The largest absolute Gasteiger partial charge is 0.497 e. The lowest BCUT2D eigenvalue weighted by Gasteiger charge is -2.20. The molecule has 29 heavy (non-hydrogen) atoms. The molecule has 1 saturated heterocycles. The van der Waals surface area contributed by atoms with Crippen LogP contribution in [0.4, 0.5) is 0 Å². The zero-order valence-corrected chi connectivity index (χ0v) is 18.1. The van der Waals surface area contributed by atoms with Gasteiger partial charge in [0.25, 0.3) is 0 Å². The number of benzene rings is 2. The molecule has 2 aromatic rings. The van der Waals surface area contributed by atoms with Crippen LogP contribution in [-0.4, -0.2) is 59.9 Å². The molecule has 0 amide bonds. The van der Waals surface area contributed by atoms with Crippen LogP contribution >= 0.6 is 11.6 Å². The first-order valence-electron chi connectivity index (χ1n) is 8.91. The summed E-state index contributed by atoms with van der Waals surface area (Å²) in [5, 5.41) is 2.38. The summed E-state index contributed by atoms with van der Waals surface area (Å²) >= 11 is 5.82. The third-order valence-corrected chi connectivity index (χ3v) is 9.10. The van der Waals surface area contributed by atoms with Crippen molar-refractivity contribution in [1.82, 2.24) is 5.32 Å². The second-order valence-corrected chi connectivity index (χ2v) is 11.5. The monoisotopic (exact) mass is 459 g/mol. The summed E-state index contributed by atoms with van der Waals surface area (Å²) in [6.45, 7) is 0.565. The molecule has 2 atom stereocenters. The van der Waals surface area contributed by atoms with Gasteiger partial charge < -0.3 is 14.8 Å². The van der Waals surface area contributed by atoms with Crippen molar-refractivity contribution in [2.45, 2.75) is 16.2 Å². The van der Waals surface area contributed by atoms with E-state index in [0.717, 1.165) is 0 Å². The summed E-state index contributed by atoms with van der Waals surface area (Å²) in [6.07, 6.45) is 0. The smallest absolute Gasteiger partial charge is 0.183 e. The van der Waals surface area contributed by atoms with Crippen molar-refractivity contribution in [2.24, 2.45) is 0 Å². The highest BCUT2D eigenvalue weighted by Crippen LogP contribution is 2.27. The fourth-order valence-electron chi connectivity index (χ4n) is 3.20. The van der Waals surface area contributed by atoms with E-state index in [1.165, 1.54) is 24.3 Å². The molecule has 0 spiro atoms. The van der Waals surface area contributed by atoms with Gasteiger partial charge in [0.05, 0.1) is 28.8 Å². The van der Waals surface area contributed by atoms with E-state index in [1.807, 2.05) is 0 Å². The average Bonchev–Trinajstić information content (AvgIpc) is 3.01. The van der Waals surface area contributed by atoms with Crippen LogP contribution in [-0.2, 0) is 19.7 Å². The van der Waals surface area contributed by atoms with Gasteiger partial charge in [-0.15, -0.1) is 0 Å². The van der Waals surface area contributed by atoms with Crippen LogP contribution in [0.25, 0.3) is 0 Å². The van der Waals surface area contributed by atoms with Gasteiger partial charge in [0.15, 0.2) is 19.7 Å². The Labute approximate surface area is 175 Å². The molecular formula is C19H22ClNO6S2. The Balaban J connectivity index is 1.64. The Morgan fingerprint density at radius 1 is 1.03 bits per heavy atom. The summed E-state index contributed by atoms with van der Waals surface area (Å²) in [4.78, 5) is 0.0604. The Morgan fingerprint density at radius 2 is 1.66 bits per heavy atom. The van der Waals surface area contributed by atoms with Gasteiger partial charge in [-0.25, -0.2) is 16.8 Å². The van der Waals surface area contributed by atoms with Gasteiger partial charge >= 0.3 is 0 Å². The van der Waals surface area contributed by atoms with E-state index >= 15 is 0 Å². The number of nitrogens with one attached hydrogen (secondary N) is 1. The highest BCUT2D eigenvalue weighted by molar-refractivity contribution is 7.96. The third-order valence-electron chi connectivity index (χ3n) is 4.68. The molecule has 2 unspecified atom stereocenters. The Bertz CT molecular complexity index is 1040. The predicted octanol–water partition coefficient (Wildman–Crippen LogP) is 1.96. The van der Waals surface area contributed by atoms with Crippen LogP contribution in [0.2, 0.25) is 5.02 Å². The van der Waals surface area contributed by atoms with Gasteiger partial charge in [-0.1, -0.05) is 11.6 Å². The van der Waals surface area contributed by atoms with Crippen molar-refractivity contribution in [2.75, 3.05) is 31.8 Å². The Morgan fingerprint density at radius 3 is 2.28 bits per heavy atom. The van der Waals surface area contributed by atoms with Crippen molar-refractivity contribution in [3.63, 3.8) is 0 Å². The molecule has 7 nitrogen and oxygen atoms in total. The second kappa shape index (κ2) is 8.91. The maximum atomic E-state index is 13.0. The average molecular weight is 460 g/mol. The number of halogens is 1. The first-order chi connectivity index (χ1) is 13.7. The van der Waals surface area contributed by atoms with E-state index in [9.17, 15) is 16.8 Å². The van der Waals surface area contributed by atoms with Gasteiger partial charge in [0.2, 0.25) is 0 Å². The molecule has 0 bridgehead atoms. The van der Waals surface area contributed by atoms with Crippen molar-refractivity contribution in [3.05, 3.63) is 53.6 Å². The van der Waals surface area contributed by atoms with Gasteiger partial charge in [-0.2, -0.15) is 0 Å². The van der Waals surface area contributed by atoms with Crippen LogP contribution in [0.3, 0.4) is 0 Å². The molecule has 0 aromatic heterocycles. The highest BCUT2D eigenvalue weighted by Gasteiger charge is 2.45. The van der Waals surface area contributed by atoms with Crippen molar-refractivity contribution < 1.29 is 26.3 Å². The molecular weight excluding hydrogens is 438 g/mol. The molecule has 10 heteroatoms. The quantitative estimate of drug-likeness (QED) is 0.602. The first-order valence-corrected chi connectivity index (χ1v) is 12.7. The lowest BCUT2D eigenvalue weighted by Crippen LogP contribution is -2.44. The van der Waals surface area contributed by atoms with Crippen molar-refractivity contribution in [1.29, 1.82) is 0 Å². The molecule has 0 aliphatic carbocycles. The standard InChI is InChI=1S/C19H22ClNO6S2/c1-26-15-4-6-16(7-5-15)27-11-10-21-18-12-28(22,23)13-19(18)29(24,25)17-8-2-14(20)3-9-17/h2-9,18-19,21H,10-13H2,1H3.